The number of nitrogens with zero attached hydrogens (tertiary/aromatic N) is 4. The largest absolute Gasteiger partial charge is 0.338 e. The topological polar surface area (TPSA) is 100 Å². The van der Waals surface area contributed by atoms with E-state index in [-0.39, 0.29) is 10.7 Å². The molecule has 1 aliphatic heterocycles. The highest BCUT2D eigenvalue weighted by atomic mass is 35.5. The van der Waals surface area contributed by atoms with Crippen LogP contribution in [0.15, 0.2) is 12.3 Å². The number of amides is 1. The van der Waals surface area contributed by atoms with Crippen LogP contribution in [0.2, 0.25) is 5.15 Å². The summed E-state index contributed by atoms with van der Waals surface area (Å²) in [7, 11) is 0. The van der Waals surface area contributed by atoms with Gasteiger partial charge in [-0.25, -0.2) is 4.98 Å². The first kappa shape index (κ1) is 15.2. The number of nitriles is 1. The first-order valence-electron chi connectivity index (χ1n) is 6.37. The van der Waals surface area contributed by atoms with Crippen LogP contribution in [0.1, 0.15) is 30.1 Å². The van der Waals surface area contributed by atoms with Gasteiger partial charge in [-0.3, -0.25) is 14.9 Å². The van der Waals surface area contributed by atoms with Gasteiger partial charge in [0.25, 0.3) is 5.91 Å². The molecule has 0 aromatic carbocycles. The summed E-state index contributed by atoms with van der Waals surface area (Å²) in [6, 6.07) is 3.54. The van der Waals surface area contributed by atoms with Gasteiger partial charge in [0.05, 0.1) is 16.4 Å². The summed E-state index contributed by atoms with van der Waals surface area (Å²) < 4.78 is 0. The van der Waals surface area contributed by atoms with Crippen molar-refractivity contribution in [1.29, 1.82) is 5.26 Å². The van der Waals surface area contributed by atoms with Gasteiger partial charge in [0, 0.05) is 19.3 Å². The Morgan fingerprint density at radius 1 is 1.57 bits per heavy atom. The lowest BCUT2D eigenvalue weighted by atomic mass is 9.82. The van der Waals surface area contributed by atoms with Gasteiger partial charge in [-0.05, 0) is 25.8 Å². The molecule has 0 N–H and O–H groups in total. The van der Waals surface area contributed by atoms with Gasteiger partial charge in [0.2, 0.25) is 5.15 Å². The average molecular weight is 309 g/mol. The van der Waals surface area contributed by atoms with Gasteiger partial charge in [-0.1, -0.05) is 11.6 Å². The molecular formula is C13H13ClN4O3. The summed E-state index contributed by atoms with van der Waals surface area (Å²) in [5.74, 6) is -0.453. The molecule has 1 saturated heterocycles. The van der Waals surface area contributed by atoms with Crippen molar-refractivity contribution >= 4 is 23.2 Å². The third-order valence-electron chi connectivity index (χ3n) is 3.72. The number of carbonyl (C=O) groups excluding carboxylic acids is 1. The Bertz CT molecular complexity index is 633. The average Bonchev–Trinajstić information content (AvgIpc) is 2.46. The highest BCUT2D eigenvalue weighted by Crippen LogP contribution is 2.32. The molecule has 1 aromatic rings. The lowest BCUT2D eigenvalue weighted by Gasteiger charge is -2.34. The van der Waals surface area contributed by atoms with Crippen LogP contribution in [0.3, 0.4) is 0 Å². The number of halogens is 1. The summed E-state index contributed by atoms with van der Waals surface area (Å²) in [6.07, 6.45) is 2.36. The monoisotopic (exact) mass is 308 g/mol. The molecule has 0 atom stereocenters. The van der Waals surface area contributed by atoms with Crippen molar-refractivity contribution in [2.75, 3.05) is 13.1 Å². The predicted molar refractivity (Wildman–Crippen MR) is 74.8 cm³/mol. The van der Waals surface area contributed by atoms with Crippen molar-refractivity contribution in [2.45, 2.75) is 19.8 Å². The summed E-state index contributed by atoms with van der Waals surface area (Å²) in [6.45, 7) is 2.63. The molecule has 1 fully saturated rings. The second-order valence-corrected chi connectivity index (χ2v) is 5.58. The minimum atomic E-state index is -0.702. The van der Waals surface area contributed by atoms with E-state index in [4.69, 9.17) is 16.9 Å². The van der Waals surface area contributed by atoms with Crippen LogP contribution in [0.5, 0.6) is 0 Å². The number of piperidine rings is 1. The van der Waals surface area contributed by atoms with E-state index in [1.54, 1.807) is 0 Å². The molecule has 0 radical (unpaired) electrons. The predicted octanol–water partition coefficient (Wildman–Crippen LogP) is 2.41. The molecule has 21 heavy (non-hydrogen) atoms. The van der Waals surface area contributed by atoms with Crippen LogP contribution in [0.4, 0.5) is 5.69 Å². The molecule has 8 heteroatoms. The molecule has 110 valence electrons. The summed E-state index contributed by atoms with van der Waals surface area (Å²) in [5.41, 5.74) is -0.989. The van der Waals surface area contributed by atoms with E-state index in [1.165, 1.54) is 17.2 Å². The van der Waals surface area contributed by atoms with E-state index < -0.39 is 21.9 Å². The maximum Gasteiger partial charge on any atom is 0.319 e. The maximum absolute atomic E-state index is 12.4. The van der Waals surface area contributed by atoms with Gasteiger partial charge >= 0.3 is 5.69 Å². The smallest absolute Gasteiger partial charge is 0.319 e. The number of hydrogen-bond donors (Lipinski definition) is 0. The zero-order valence-corrected chi connectivity index (χ0v) is 12.1. The van der Waals surface area contributed by atoms with Gasteiger partial charge in [0.1, 0.15) is 5.56 Å². The normalized spacial score (nSPS) is 17.1. The standard InChI is InChI=1S/C13H13ClN4O3/c1-13(8-15)3-6-17(7-4-13)12(19)9-2-5-16-11(14)10(9)18(20)21/h2,5H,3-4,6-7H2,1H3. The highest BCUT2D eigenvalue weighted by Gasteiger charge is 2.34. The molecule has 0 saturated carbocycles. The van der Waals surface area contributed by atoms with E-state index in [2.05, 4.69) is 11.1 Å². The molecule has 1 aromatic heterocycles. The number of carbonyl (C=O) groups is 1. The van der Waals surface area contributed by atoms with E-state index >= 15 is 0 Å². The van der Waals surface area contributed by atoms with E-state index in [0.717, 1.165) is 0 Å². The van der Waals surface area contributed by atoms with E-state index in [9.17, 15) is 14.9 Å². The Balaban J connectivity index is 2.25. The zero-order valence-electron chi connectivity index (χ0n) is 11.4. The molecule has 7 nitrogen and oxygen atoms in total. The number of pyridine rings is 1. The Hall–Kier alpha value is -2.20. The summed E-state index contributed by atoms with van der Waals surface area (Å²) in [5, 5.41) is 19.8. The minimum Gasteiger partial charge on any atom is -0.338 e. The summed E-state index contributed by atoms with van der Waals surface area (Å²) in [4.78, 5) is 27.9. The number of rotatable bonds is 2. The number of hydrogen-bond acceptors (Lipinski definition) is 5. The Labute approximate surface area is 126 Å². The van der Waals surface area contributed by atoms with Crippen molar-refractivity contribution in [2.24, 2.45) is 5.41 Å². The number of aromatic nitrogens is 1. The van der Waals surface area contributed by atoms with Gasteiger partial charge in [-0.15, -0.1) is 0 Å². The molecule has 0 spiro atoms. The fourth-order valence-electron chi connectivity index (χ4n) is 2.26. The van der Waals surface area contributed by atoms with Crippen molar-refractivity contribution in [3.8, 4) is 6.07 Å². The summed E-state index contributed by atoms with van der Waals surface area (Å²) >= 11 is 5.71. The molecule has 0 bridgehead atoms. The zero-order chi connectivity index (χ0) is 15.6. The first-order valence-corrected chi connectivity index (χ1v) is 6.75. The lowest BCUT2D eigenvalue weighted by molar-refractivity contribution is -0.385. The quantitative estimate of drug-likeness (QED) is 0.474. The van der Waals surface area contributed by atoms with Crippen LogP contribution < -0.4 is 0 Å². The Kier molecular flexibility index (Phi) is 4.09. The van der Waals surface area contributed by atoms with Gasteiger partial charge in [-0.2, -0.15) is 5.26 Å². The molecular weight excluding hydrogens is 296 g/mol. The minimum absolute atomic E-state index is 0.0689. The van der Waals surface area contributed by atoms with E-state index in [1.807, 2.05) is 6.92 Å². The second kappa shape index (κ2) is 5.66. The Morgan fingerprint density at radius 3 is 2.71 bits per heavy atom. The van der Waals surface area contributed by atoms with Crippen molar-refractivity contribution in [1.82, 2.24) is 9.88 Å². The van der Waals surface area contributed by atoms with Gasteiger partial charge in [0.15, 0.2) is 0 Å². The third kappa shape index (κ3) is 2.95. The van der Waals surface area contributed by atoms with Crippen molar-refractivity contribution < 1.29 is 9.72 Å². The number of nitro groups is 1. The molecule has 2 rings (SSSR count). The molecule has 1 aliphatic rings. The lowest BCUT2D eigenvalue weighted by Crippen LogP contribution is -2.41. The van der Waals surface area contributed by atoms with Crippen LogP contribution in [0, 0.1) is 26.9 Å². The first-order chi connectivity index (χ1) is 9.88. The van der Waals surface area contributed by atoms with Gasteiger partial charge < -0.3 is 4.90 Å². The molecule has 1 amide bonds. The van der Waals surface area contributed by atoms with Crippen LogP contribution >= 0.6 is 11.6 Å². The molecule has 0 unspecified atom stereocenters. The fraction of sp³-hybridized carbons (Fsp3) is 0.462. The highest BCUT2D eigenvalue weighted by molar-refractivity contribution is 6.32. The van der Waals surface area contributed by atoms with E-state index in [0.29, 0.717) is 25.9 Å². The second-order valence-electron chi connectivity index (χ2n) is 5.22. The maximum atomic E-state index is 12.4. The van der Waals surface area contributed by atoms with Crippen LogP contribution in [-0.4, -0.2) is 33.8 Å². The van der Waals surface area contributed by atoms with Crippen LogP contribution in [0.25, 0.3) is 0 Å². The SMILES string of the molecule is CC1(C#N)CCN(C(=O)c2ccnc(Cl)c2[N+](=O)[O-])CC1. The molecule has 0 aliphatic carbocycles. The fourth-order valence-corrected chi connectivity index (χ4v) is 2.49. The van der Waals surface area contributed by atoms with Crippen molar-refractivity contribution in [3.63, 3.8) is 0 Å². The molecule has 2 heterocycles. The number of likely N-dealkylation sites (tertiary alicyclic amines) is 1. The Morgan fingerprint density at radius 2 is 2.19 bits per heavy atom. The van der Waals surface area contributed by atoms with Crippen molar-refractivity contribution in [3.05, 3.63) is 33.1 Å². The third-order valence-corrected chi connectivity index (χ3v) is 3.99. The van der Waals surface area contributed by atoms with Crippen LogP contribution in [-0.2, 0) is 0 Å².